The first-order valence-electron chi connectivity index (χ1n) is 8.05. The molecule has 4 rings (SSSR count). The second-order valence-electron chi connectivity index (χ2n) is 5.75. The van der Waals surface area contributed by atoms with Crippen molar-refractivity contribution >= 4 is 23.6 Å². The number of hydrogen-bond donors (Lipinski definition) is 0. The maximum Gasteiger partial charge on any atom is 0.214 e. The minimum atomic E-state index is -0.580. The van der Waals surface area contributed by atoms with Crippen molar-refractivity contribution in [3.8, 4) is 11.4 Å². The van der Waals surface area contributed by atoms with Gasteiger partial charge in [0.1, 0.15) is 28.8 Å². The lowest BCUT2D eigenvalue weighted by atomic mass is 10.2. The van der Waals surface area contributed by atoms with E-state index in [1.54, 1.807) is 21.4 Å². The molecular formula is C18H15ClF3N5. The highest BCUT2D eigenvalue weighted by molar-refractivity contribution is 5.85. The zero-order valence-corrected chi connectivity index (χ0v) is 15.1. The van der Waals surface area contributed by atoms with Crippen molar-refractivity contribution in [1.82, 2.24) is 24.1 Å². The fourth-order valence-corrected chi connectivity index (χ4v) is 2.98. The Kier molecular flexibility index (Phi) is 5.18. The molecule has 0 aliphatic carbocycles. The second kappa shape index (κ2) is 7.40. The van der Waals surface area contributed by atoms with Gasteiger partial charge in [0.05, 0.1) is 12.1 Å². The van der Waals surface area contributed by atoms with E-state index in [1.165, 1.54) is 12.3 Å². The SMILES string of the molecule is CCn1c(Cn2ccnc2-c2cc(F)ccc2F)nc2ccc(F)nc21.Cl. The molecule has 3 aromatic heterocycles. The van der Waals surface area contributed by atoms with E-state index in [-0.39, 0.29) is 30.3 Å². The van der Waals surface area contributed by atoms with Gasteiger partial charge in [-0.2, -0.15) is 9.37 Å². The first-order valence-corrected chi connectivity index (χ1v) is 8.05. The van der Waals surface area contributed by atoms with E-state index in [2.05, 4.69) is 15.0 Å². The predicted octanol–water partition coefficient (Wildman–Crippen LogP) is 4.20. The predicted molar refractivity (Wildman–Crippen MR) is 97.1 cm³/mol. The number of fused-ring (bicyclic) bond motifs is 1. The molecule has 5 nitrogen and oxygen atoms in total. The highest BCUT2D eigenvalue weighted by Gasteiger charge is 2.16. The summed E-state index contributed by atoms with van der Waals surface area (Å²) >= 11 is 0. The summed E-state index contributed by atoms with van der Waals surface area (Å²) in [6.45, 7) is 2.70. The second-order valence-corrected chi connectivity index (χ2v) is 5.75. The lowest BCUT2D eigenvalue weighted by Gasteiger charge is -2.10. The average Bonchev–Trinajstić information content (AvgIpc) is 3.21. The fraction of sp³-hybridized carbons (Fsp3) is 0.167. The number of rotatable bonds is 4. The summed E-state index contributed by atoms with van der Waals surface area (Å²) in [6, 6.07) is 6.05. The van der Waals surface area contributed by atoms with Gasteiger partial charge in [-0.15, -0.1) is 12.4 Å². The third-order valence-electron chi connectivity index (χ3n) is 4.15. The number of hydrogen-bond acceptors (Lipinski definition) is 3. The molecule has 0 spiro atoms. The third kappa shape index (κ3) is 3.40. The van der Waals surface area contributed by atoms with Crippen LogP contribution < -0.4 is 0 Å². The van der Waals surface area contributed by atoms with Crippen LogP contribution in [-0.4, -0.2) is 24.1 Å². The number of pyridine rings is 1. The van der Waals surface area contributed by atoms with E-state index in [4.69, 9.17) is 0 Å². The monoisotopic (exact) mass is 393 g/mol. The van der Waals surface area contributed by atoms with Crippen molar-refractivity contribution in [1.29, 1.82) is 0 Å². The number of halogens is 4. The summed E-state index contributed by atoms with van der Waals surface area (Å²) in [6.07, 6.45) is 3.17. The van der Waals surface area contributed by atoms with E-state index < -0.39 is 17.6 Å². The standard InChI is InChI=1S/C18H14F3N5.ClH/c1-2-26-16(23-14-5-6-15(21)24-18(14)26)10-25-8-7-22-17(25)12-9-11(19)3-4-13(12)20;/h3-9H,2,10H2,1H3;1H. The van der Waals surface area contributed by atoms with E-state index in [0.717, 1.165) is 18.2 Å². The molecule has 0 radical (unpaired) electrons. The Labute approximate surface area is 158 Å². The molecule has 0 aliphatic rings. The normalized spacial score (nSPS) is 11.0. The zero-order valence-electron chi connectivity index (χ0n) is 14.2. The molecule has 0 aliphatic heterocycles. The third-order valence-corrected chi connectivity index (χ3v) is 4.15. The van der Waals surface area contributed by atoms with Crippen molar-refractivity contribution in [3.05, 3.63) is 66.1 Å². The molecule has 9 heteroatoms. The van der Waals surface area contributed by atoms with Crippen LogP contribution in [-0.2, 0) is 13.1 Å². The number of aromatic nitrogens is 5. The van der Waals surface area contributed by atoms with Gasteiger partial charge in [0.25, 0.3) is 0 Å². The van der Waals surface area contributed by atoms with Gasteiger partial charge in [0, 0.05) is 18.9 Å². The molecule has 0 bridgehead atoms. The lowest BCUT2D eigenvalue weighted by molar-refractivity contribution is 0.582. The van der Waals surface area contributed by atoms with Gasteiger partial charge in [0.15, 0.2) is 5.65 Å². The molecule has 27 heavy (non-hydrogen) atoms. The lowest BCUT2D eigenvalue weighted by Crippen LogP contribution is -2.09. The van der Waals surface area contributed by atoms with E-state index in [0.29, 0.717) is 23.5 Å². The van der Waals surface area contributed by atoms with Crippen LogP contribution in [0.3, 0.4) is 0 Å². The molecule has 0 unspecified atom stereocenters. The Hall–Kier alpha value is -2.87. The Morgan fingerprint density at radius 1 is 1.04 bits per heavy atom. The minimum absolute atomic E-state index is 0. The molecule has 1 aromatic carbocycles. The van der Waals surface area contributed by atoms with Gasteiger partial charge in [0.2, 0.25) is 5.95 Å². The largest absolute Gasteiger partial charge is 0.323 e. The van der Waals surface area contributed by atoms with Gasteiger partial charge in [-0.05, 0) is 37.3 Å². The van der Waals surface area contributed by atoms with Gasteiger partial charge in [-0.25, -0.2) is 18.7 Å². The van der Waals surface area contributed by atoms with Crippen LogP contribution in [0.2, 0.25) is 0 Å². The summed E-state index contributed by atoms with van der Waals surface area (Å²) in [5, 5.41) is 0. The summed E-state index contributed by atoms with van der Waals surface area (Å²) in [5.74, 6) is -0.778. The number of aryl methyl sites for hydroxylation is 1. The zero-order chi connectivity index (χ0) is 18.3. The molecule has 0 N–H and O–H groups in total. The Morgan fingerprint density at radius 3 is 2.63 bits per heavy atom. The molecule has 0 saturated heterocycles. The Balaban J connectivity index is 0.00000210. The van der Waals surface area contributed by atoms with Crippen molar-refractivity contribution in [3.63, 3.8) is 0 Å². The summed E-state index contributed by atoms with van der Waals surface area (Å²) in [7, 11) is 0. The quantitative estimate of drug-likeness (QED) is 0.488. The Morgan fingerprint density at radius 2 is 1.85 bits per heavy atom. The smallest absolute Gasteiger partial charge is 0.214 e. The molecule has 0 fully saturated rings. The van der Waals surface area contributed by atoms with Crippen LogP contribution in [0, 0.1) is 17.6 Å². The highest BCUT2D eigenvalue weighted by Crippen LogP contribution is 2.24. The summed E-state index contributed by atoms with van der Waals surface area (Å²) in [4.78, 5) is 12.5. The molecule has 0 saturated carbocycles. The minimum Gasteiger partial charge on any atom is -0.323 e. The summed E-state index contributed by atoms with van der Waals surface area (Å²) in [5.41, 5.74) is 1.08. The van der Waals surface area contributed by atoms with E-state index in [1.807, 2.05) is 6.92 Å². The molecule has 0 amide bonds. The fourth-order valence-electron chi connectivity index (χ4n) is 2.98. The van der Waals surface area contributed by atoms with E-state index in [9.17, 15) is 13.2 Å². The topological polar surface area (TPSA) is 48.5 Å². The van der Waals surface area contributed by atoms with Crippen molar-refractivity contribution in [2.45, 2.75) is 20.0 Å². The Bertz CT molecular complexity index is 1110. The maximum absolute atomic E-state index is 14.1. The van der Waals surface area contributed by atoms with Crippen molar-refractivity contribution in [2.75, 3.05) is 0 Å². The number of nitrogens with zero attached hydrogens (tertiary/aromatic N) is 5. The molecule has 0 atom stereocenters. The maximum atomic E-state index is 14.1. The molecular weight excluding hydrogens is 379 g/mol. The van der Waals surface area contributed by atoms with Crippen molar-refractivity contribution < 1.29 is 13.2 Å². The van der Waals surface area contributed by atoms with Crippen LogP contribution in [0.4, 0.5) is 13.2 Å². The van der Waals surface area contributed by atoms with Crippen LogP contribution in [0.25, 0.3) is 22.6 Å². The first kappa shape index (κ1) is 18.9. The van der Waals surface area contributed by atoms with Gasteiger partial charge >= 0.3 is 0 Å². The molecule has 4 aromatic rings. The van der Waals surface area contributed by atoms with Crippen molar-refractivity contribution in [2.24, 2.45) is 0 Å². The van der Waals surface area contributed by atoms with Crippen LogP contribution in [0.15, 0.2) is 42.7 Å². The van der Waals surface area contributed by atoms with Gasteiger partial charge in [-0.1, -0.05) is 0 Å². The van der Waals surface area contributed by atoms with Crippen LogP contribution >= 0.6 is 12.4 Å². The number of benzene rings is 1. The molecule has 140 valence electrons. The summed E-state index contributed by atoms with van der Waals surface area (Å²) < 4.78 is 44.6. The average molecular weight is 394 g/mol. The number of imidazole rings is 2. The first-order chi connectivity index (χ1) is 12.6. The van der Waals surface area contributed by atoms with Crippen LogP contribution in [0.1, 0.15) is 12.7 Å². The van der Waals surface area contributed by atoms with Gasteiger partial charge < -0.3 is 9.13 Å². The van der Waals surface area contributed by atoms with E-state index >= 15 is 0 Å². The van der Waals surface area contributed by atoms with Gasteiger partial charge in [-0.3, -0.25) is 0 Å². The molecule has 3 heterocycles. The highest BCUT2D eigenvalue weighted by atomic mass is 35.5. The van der Waals surface area contributed by atoms with Crippen LogP contribution in [0.5, 0.6) is 0 Å².